The minimum atomic E-state index is -1.67. The van der Waals surface area contributed by atoms with Crippen molar-refractivity contribution in [2.75, 3.05) is 5.32 Å². The molecule has 3 aromatic rings. The maximum absolute atomic E-state index is 12.1. The number of anilines is 1. The molecular weight excluding hydrogens is 434 g/mol. The molecule has 0 spiro atoms. The van der Waals surface area contributed by atoms with Crippen LogP contribution in [0.15, 0.2) is 63.7 Å². The summed E-state index contributed by atoms with van der Waals surface area (Å²) in [5.41, 5.74) is -0.676. The van der Waals surface area contributed by atoms with Crippen molar-refractivity contribution in [3.8, 4) is 11.5 Å². The van der Waals surface area contributed by atoms with Crippen molar-refractivity contribution in [2.45, 2.75) is 0 Å². The molecule has 0 aliphatic carbocycles. The Kier molecular flexibility index (Phi) is 5.46. The van der Waals surface area contributed by atoms with Crippen LogP contribution in [0.25, 0.3) is 0 Å². The predicted octanol–water partition coefficient (Wildman–Crippen LogP) is 1.81. The van der Waals surface area contributed by atoms with E-state index in [2.05, 4.69) is 21.2 Å². The van der Waals surface area contributed by atoms with E-state index in [1.165, 1.54) is 24.5 Å². The Balaban J connectivity index is 1.79. The summed E-state index contributed by atoms with van der Waals surface area (Å²) < 4.78 is 11.3. The van der Waals surface area contributed by atoms with Gasteiger partial charge >= 0.3 is 0 Å². The van der Waals surface area contributed by atoms with E-state index in [-0.39, 0.29) is 17.3 Å². The lowest BCUT2D eigenvalue weighted by Crippen LogP contribution is -2.30. The predicted molar refractivity (Wildman–Crippen MR) is 96.0 cm³/mol. The average Bonchev–Trinajstić information content (AvgIpc) is 3.08. The van der Waals surface area contributed by atoms with Crippen LogP contribution in [-0.2, 0) is 0 Å². The molecule has 0 aliphatic heterocycles. The van der Waals surface area contributed by atoms with Gasteiger partial charge in [-0.25, -0.2) is 0 Å². The molecule has 0 unspecified atom stereocenters. The van der Waals surface area contributed by atoms with Crippen molar-refractivity contribution in [3.63, 3.8) is 0 Å². The van der Waals surface area contributed by atoms with Crippen LogP contribution in [0.1, 0.15) is 31.3 Å². The normalized spacial score (nSPS) is 10.3. The largest absolute Gasteiger partial charge is 0.545 e. The molecule has 28 heavy (non-hydrogen) atoms. The molecule has 2 aromatic carbocycles. The van der Waals surface area contributed by atoms with Crippen molar-refractivity contribution < 1.29 is 33.8 Å². The van der Waals surface area contributed by atoms with Gasteiger partial charge in [-0.3, -0.25) is 4.79 Å². The summed E-state index contributed by atoms with van der Waals surface area (Å²) in [7, 11) is 0. The minimum absolute atomic E-state index is 0.0719. The molecule has 0 aliphatic rings. The van der Waals surface area contributed by atoms with Gasteiger partial charge in [0.05, 0.1) is 16.4 Å². The first-order valence-corrected chi connectivity index (χ1v) is 8.53. The number of benzene rings is 2. The van der Waals surface area contributed by atoms with E-state index in [0.29, 0.717) is 10.2 Å². The monoisotopic (exact) mass is 443 g/mol. The molecule has 0 saturated carbocycles. The Labute approximate surface area is 166 Å². The zero-order valence-electron chi connectivity index (χ0n) is 13.9. The lowest BCUT2D eigenvalue weighted by molar-refractivity contribution is -0.259. The summed E-state index contributed by atoms with van der Waals surface area (Å²) >= 11 is 3.18. The first-order chi connectivity index (χ1) is 13.3. The summed E-state index contributed by atoms with van der Waals surface area (Å²) in [4.78, 5) is 34.2. The number of nitrogens with one attached hydrogen (secondary N) is 1. The first kappa shape index (κ1) is 19.2. The summed E-state index contributed by atoms with van der Waals surface area (Å²) in [5.74, 6) is -3.32. The highest BCUT2D eigenvalue weighted by Crippen LogP contribution is 2.26. The van der Waals surface area contributed by atoms with Crippen LogP contribution >= 0.6 is 15.9 Å². The third-order valence-electron chi connectivity index (χ3n) is 3.55. The van der Waals surface area contributed by atoms with Gasteiger partial charge in [0.15, 0.2) is 5.76 Å². The number of ether oxygens (including phenoxy) is 1. The second-order valence-electron chi connectivity index (χ2n) is 5.50. The van der Waals surface area contributed by atoms with Gasteiger partial charge < -0.3 is 34.3 Å². The molecule has 0 atom stereocenters. The van der Waals surface area contributed by atoms with Crippen molar-refractivity contribution in [2.24, 2.45) is 0 Å². The van der Waals surface area contributed by atoms with Crippen LogP contribution in [-0.4, -0.2) is 17.8 Å². The van der Waals surface area contributed by atoms with Gasteiger partial charge in [-0.05, 0) is 46.3 Å². The van der Waals surface area contributed by atoms with Crippen molar-refractivity contribution in [1.82, 2.24) is 0 Å². The van der Waals surface area contributed by atoms with Crippen LogP contribution in [0.3, 0.4) is 0 Å². The molecule has 0 saturated heterocycles. The van der Waals surface area contributed by atoms with Gasteiger partial charge in [-0.15, -0.1) is 0 Å². The summed E-state index contributed by atoms with van der Waals surface area (Å²) in [5, 5.41) is 24.7. The summed E-state index contributed by atoms with van der Waals surface area (Å²) in [6.07, 6.45) is 1.37. The van der Waals surface area contributed by atoms with Crippen LogP contribution in [0.5, 0.6) is 11.5 Å². The highest BCUT2D eigenvalue weighted by molar-refractivity contribution is 9.10. The zero-order chi connectivity index (χ0) is 20.3. The van der Waals surface area contributed by atoms with Gasteiger partial charge in [0.2, 0.25) is 0 Å². The van der Waals surface area contributed by atoms with Crippen molar-refractivity contribution in [3.05, 3.63) is 76.2 Å². The third kappa shape index (κ3) is 4.38. The van der Waals surface area contributed by atoms with E-state index in [4.69, 9.17) is 9.15 Å². The molecule has 0 radical (unpaired) electrons. The fourth-order valence-corrected chi connectivity index (χ4v) is 2.63. The standard InChI is InChI=1S/C19H12BrNO7/c20-10-6-16(27-9-10)17(22)21-11-2-1-3-12(7-11)28-13-4-5-14(18(23)24)15(8-13)19(25)26/h1-9H,(H,21,22)(H,23,24)(H,25,26)/p-2. The molecule has 1 amide bonds. The van der Waals surface area contributed by atoms with Crippen LogP contribution in [0, 0.1) is 0 Å². The van der Waals surface area contributed by atoms with E-state index in [1.807, 2.05) is 0 Å². The molecule has 8 nitrogen and oxygen atoms in total. The van der Waals surface area contributed by atoms with Gasteiger partial charge in [0.25, 0.3) is 5.91 Å². The van der Waals surface area contributed by atoms with Crippen molar-refractivity contribution >= 4 is 39.5 Å². The minimum Gasteiger partial charge on any atom is -0.545 e. The smallest absolute Gasteiger partial charge is 0.291 e. The number of halogens is 1. The Bertz CT molecular complexity index is 1070. The number of hydrogen-bond donors (Lipinski definition) is 1. The molecule has 9 heteroatoms. The fourth-order valence-electron chi connectivity index (χ4n) is 2.33. The second-order valence-corrected chi connectivity index (χ2v) is 6.41. The van der Waals surface area contributed by atoms with E-state index in [0.717, 1.165) is 12.1 Å². The average molecular weight is 444 g/mol. The Hall–Kier alpha value is -3.59. The first-order valence-electron chi connectivity index (χ1n) is 7.73. The fraction of sp³-hybridized carbons (Fsp3) is 0. The maximum atomic E-state index is 12.1. The Morgan fingerprint density at radius 3 is 2.29 bits per heavy atom. The zero-order valence-corrected chi connectivity index (χ0v) is 15.5. The van der Waals surface area contributed by atoms with E-state index < -0.39 is 29.0 Å². The highest BCUT2D eigenvalue weighted by Gasteiger charge is 2.12. The topological polar surface area (TPSA) is 132 Å². The van der Waals surface area contributed by atoms with E-state index in [9.17, 15) is 24.6 Å². The molecule has 1 aromatic heterocycles. The number of amides is 1. The number of carbonyl (C=O) groups is 3. The third-order valence-corrected chi connectivity index (χ3v) is 3.97. The Morgan fingerprint density at radius 2 is 1.64 bits per heavy atom. The van der Waals surface area contributed by atoms with Crippen LogP contribution in [0.4, 0.5) is 5.69 Å². The van der Waals surface area contributed by atoms with Crippen LogP contribution in [0.2, 0.25) is 0 Å². The van der Waals surface area contributed by atoms with E-state index >= 15 is 0 Å². The number of carboxylic acid groups (broad SMARTS) is 2. The number of aromatic carboxylic acids is 2. The van der Waals surface area contributed by atoms with Crippen LogP contribution < -0.4 is 20.3 Å². The molecule has 0 fully saturated rings. The number of carboxylic acids is 2. The molecular formula is C19H10BrNO7-2. The van der Waals surface area contributed by atoms with Gasteiger partial charge in [-0.2, -0.15) is 0 Å². The summed E-state index contributed by atoms with van der Waals surface area (Å²) in [6, 6.07) is 11.2. The Morgan fingerprint density at radius 1 is 0.929 bits per heavy atom. The van der Waals surface area contributed by atoms with Crippen molar-refractivity contribution in [1.29, 1.82) is 0 Å². The molecule has 1 heterocycles. The summed E-state index contributed by atoms with van der Waals surface area (Å²) in [6.45, 7) is 0. The highest BCUT2D eigenvalue weighted by atomic mass is 79.9. The number of hydrogen-bond acceptors (Lipinski definition) is 7. The number of furan rings is 1. The van der Waals surface area contributed by atoms with E-state index in [1.54, 1.807) is 18.2 Å². The quantitative estimate of drug-likeness (QED) is 0.614. The molecule has 1 N–H and O–H groups in total. The lowest BCUT2D eigenvalue weighted by Gasteiger charge is -2.14. The molecule has 142 valence electrons. The van der Waals surface area contributed by atoms with Gasteiger partial charge in [0.1, 0.15) is 17.8 Å². The second kappa shape index (κ2) is 7.97. The molecule has 0 bridgehead atoms. The van der Waals surface area contributed by atoms with Gasteiger partial charge in [0, 0.05) is 28.9 Å². The maximum Gasteiger partial charge on any atom is 0.291 e. The SMILES string of the molecule is O=C(Nc1cccc(Oc2ccc(C(=O)[O-])c(C(=O)[O-])c2)c1)c1cc(Br)co1. The van der Waals surface area contributed by atoms with Gasteiger partial charge in [-0.1, -0.05) is 6.07 Å². The number of carbonyl (C=O) groups excluding carboxylic acids is 3. The number of rotatable bonds is 6. The molecule has 3 rings (SSSR count). The lowest BCUT2D eigenvalue weighted by atomic mass is 10.1.